The lowest BCUT2D eigenvalue weighted by atomic mass is 10.00. The molecular formula is C29H58O4. The molecule has 0 saturated carbocycles. The fourth-order valence-electron chi connectivity index (χ4n) is 4.61. The van der Waals surface area contributed by atoms with E-state index in [1.165, 1.54) is 103 Å². The van der Waals surface area contributed by atoms with Gasteiger partial charge in [-0.2, -0.15) is 0 Å². The minimum atomic E-state index is -0.671. The summed E-state index contributed by atoms with van der Waals surface area (Å²) < 4.78 is 0. The van der Waals surface area contributed by atoms with E-state index in [1.54, 1.807) is 0 Å². The van der Waals surface area contributed by atoms with Crippen LogP contribution in [0.15, 0.2) is 0 Å². The molecule has 4 nitrogen and oxygen atoms in total. The number of carboxylic acid groups (broad SMARTS) is 1. The van der Waals surface area contributed by atoms with Gasteiger partial charge in [0.1, 0.15) is 0 Å². The van der Waals surface area contributed by atoms with Gasteiger partial charge in [0, 0.05) is 6.42 Å². The van der Waals surface area contributed by atoms with Crippen LogP contribution >= 0.6 is 0 Å². The zero-order valence-corrected chi connectivity index (χ0v) is 22.1. The van der Waals surface area contributed by atoms with E-state index in [-0.39, 0.29) is 12.2 Å². The summed E-state index contributed by atoms with van der Waals surface area (Å²) in [6.07, 6.45) is 27.9. The van der Waals surface area contributed by atoms with Crippen LogP contribution in [-0.2, 0) is 4.79 Å². The SMILES string of the molecule is CCCCCCCCCC(O)CCC(O)CCCCCCCCCCCCCCCC(=O)O. The molecule has 0 radical (unpaired) electrons. The van der Waals surface area contributed by atoms with Gasteiger partial charge in [0.15, 0.2) is 0 Å². The van der Waals surface area contributed by atoms with Gasteiger partial charge < -0.3 is 15.3 Å². The van der Waals surface area contributed by atoms with Crippen LogP contribution in [0, 0.1) is 0 Å². The monoisotopic (exact) mass is 470 g/mol. The first-order chi connectivity index (χ1) is 16.1. The molecule has 0 heterocycles. The Balaban J connectivity index is 3.26. The van der Waals surface area contributed by atoms with Crippen LogP contribution in [0.1, 0.15) is 167 Å². The molecule has 0 rings (SSSR count). The van der Waals surface area contributed by atoms with Gasteiger partial charge in [-0.3, -0.25) is 4.79 Å². The zero-order chi connectivity index (χ0) is 24.4. The fraction of sp³-hybridized carbons (Fsp3) is 0.966. The first-order valence-corrected chi connectivity index (χ1v) is 14.6. The van der Waals surface area contributed by atoms with Crippen molar-refractivity contribution in [3.8, 4) is 0 Å². The Morgan fingerprint density at radius 3 is 1.12 bits per heavy atom. The highest BCUT2D eigenvalue weighted by molar-refractivity contribution is 5.66. The van der Waals surface area contributed by atoms with Gasteiger partial charge >= 0.3 is 5.97 Å². The quantitative estimate of drug-likeness (QED) is 0.105. The summed E-state index contributed by atoms with van der Waals surface area (Å²) in [7, 11) is 0. The molecule has 0 aromatic carbocycles. The molecule has 0 amide bonds. The number of hydrogen-bond acceptors (Lipinski definition) is 3. The Hall–Kier alpha value is -0.610. The van der Waals surface area contributed by atoms with E-state index in [4.69, 9.17) is 5.11 Å². The minimum Gasteiger partial charge on any atom is -0.481 e. The lowest BCUT2D eigenvalue weighted by molar-refractivity contribution is -0.137. The van der Waals surface area contributed by atoms with Crippen LogP contribution in [0.2, 0.25) is 0 Å². The van der Waals surface area contributed by atoms with Crippen molar-refractivity contribution in [3.63, 3.8) is 0 Å². The predicted octanol–water partition coefficient (Wildman–Crippen LogP) is 8.57. The van der Waals surface area contributed by atoms with E-state index in [2.05, 4.69) is 6.92 Å². The number of aliphatic carboxylic acids is 1. The molecule has 0 aromatic rings. The molecule has 2 unspecified atom stereocenters. The number of carboxylic acids is 1. The van der Waals surface area contributed by atoms with Crippen molar-refractivity contribution in [1.29, 1.82) is 0 Å². The first kappa shape index (κ1) is 32.4. The van der Waals surface area contributed by atoms with Crippen LogP contribution in [0.5, 0.6) is 0 Å². The molecule has 0 aliphatic carbocycles. The van der Waals surface area contributed by atoms with Crippen molar-refractivity contribution < 1.29 is 20.1 Å². The number of hydrogen-bond donors (Lipinski definition) is 3. The maximum absolute atomic E-state index is 10.4. The smallest absolute Gasteiger partial charge is 0.303 e. The Bertz CT molecular complexity index is 399. The Kier molecular flexibility index (Phi) is 25.5. The number of carbonyl (C=O) groups is 1. The molecule has 0 aromatic heterocycles. The van der Waals surface area contributed by atoms with Crippen molar-refractivity contribution in [1.82, 2.24) is 0 Å². The second-order valence-corrected chi connectivity index (χ2v) is 10.3. The van der Waals surface area contributed by atoms with E-state index in [1.807, 2.05) is 0 Å². The fourth-order valence-corrected chi connectivity index (χ4v) is 4.61. The topological polar surface area (TPSA) is 77.8 Å². The predicted molar refractivity (Wildman–Crippen MR) is 141 cm³/mol. The molecule has 3 N–H and O–H groups in total. The average molecular weight is 471 g/mol. The summed E-state index contributed by atoms with van der Waals surface area (Å²) in [5.74, 6) is -0.671. The van der Waals surface area contributed by atoms with Crippen LogP contribution in [0.3, 0.4) is 0 Å². The third kappa shape index (κ3) is 27.5. The van der Waals surface area contributed by atoms with Crippen LogP contribution in [0.25, 0.3) is 0 Å². The Morgan fingerprint density at radius 1 is 0.485 bits per heavy atom. The zero-order valence-electron chi connectivity index (χ0n) is 22.1. The van der Waals surface area contributed by atoms with E-state index in [9.17, 15) is 15.0 Å². The normalized spacial score (nSPS) is 13.3. The van der Waals surface area contributed by atoms with Crippen LogP contribution < -0.4 is 0 Å². The molecule has 0 fully saturated rings. The molecule has 0 bridgehead atoms. The van der Waals surface area contributed by atoms with Crippen molar-refractivity contribution in [2.24, 2.45) is 0 Å². The third-order valence-corrected chi connectivity index (χ3v) is 6.90. The van der Waals surface area contributed by atoms with Crippen molar-refractivity contribution >= 4 is 5.97 Å². The second-order valence-electron chi connectivity index (χ2n) is 10.3. The molecule has 0 aliphatic rings. The van der Waals surface area contributed by atoms with Crippen LogP contribution in [0.4, 0.5) is 0 Å². The van der Waals surface area contributed by atoms with E-state index in [0.717, 1.165) is 51.4 Å². The Morgan fingerprint density at radius 2 is 0.788 bits per heavy atom. The maximum Gasteiger partial charge on any atom is 0.303 e. The molecular weight excluding hydrogens is 412 g/mol. The summed E-state index contributed by atoms with van der Waals surface area (Å²) in [4.78, 5) is 10.4. The molecule has 0 saturated heterocycles. The molecule has 198 valence electrons. The number of aliphatic hydroxyl groups excluding tert-OH is 2. The van der Waals surface area contributed by atoms with E-state index in [0.29, 0.717) is 6.42 Å². The van der Waals surface area contributed by atoms with Gasteiger partial charge in [0.05, 0.1) is 12.2 Å². The molecule has 2 atom stereocenters. The Labute approximate surface area is 206 Å². The van der Waals surface area contributed by atoms with Crippen molar-refractivity contribution in [2.75, 3.05) is 0 Å². The number of unbranched alkanes of at least 4 members (excludes halogenated alkanes) is 18. The van der Waals surface area contributed by atoms with Gasteiger partial charge in [0.25, 0.3) is 0 Å². The van der Waals surface area contributed by atoms with Crippen LogP contribution in [-0.4, -0.2) is 33.5 Å². The summed E-state index contributed by atoms with van der Waals surface area (Å²) in [5.41, 5.74) is 0. The average Bonchev–Trinajstić information content (AvgIpc) is 2.79. The lowest BCUT2D eigenvalue weighted by Gasteiger charge is -2.14. The van der Waals surface area contributed by atoms with Crippen molar-refractivity contribution in [2.45, 2.75) is 180 Å². The largest absolute Gasteiger partial charge is 0.481 e. The van der Waals surface area contributed by atoms with Gasteiger partial charge in [-0.15, -0.1) is 0 Å². The van der Waals surface area contributed by atoms with Gasteiger partial charge in [-0.25, -0.2) is 0 Å². The van der Waals surface area contributed by atoms with Gasteiger partial charge in [0.2, 0.25) is 0 Å². The third-order valence-electron chi connectivity index (χ3n) is 6.90. The number of aliphatic hydroxyl groups is 2. The second kappa shape index (κ2) is 26.0. The molecule has 4 heteroatoms. The maximum atomic E-state index is 10.4. The van der Waals surface area contributed by atoms with Crippen molar-refractivity contribution in [3.05, 3.63) is 0 Å². The lowest BCUT2D eigenvalue weighted by Crippen LogP contribution is -2.13. The summed E-state index contributed by atoms with van der Waals surface area (Å²) >= 11 is 0. The number of rotatable bonds is 27. The highest BCUT2D eigenvalue weighted by Crippen LogP contribution is 2.16. The van der Waals surface area contributed by atoms with Gasteiger partial charge in [-0.05, 0) is 32.1 Å². The summed E-state index contributed by atoms with van der Waals surface area (Å²) in [6, 6.07) is 0. The standard InChI is InChI=1S/C29H58O4/c1-2-3-4-5-13-16-19-22-27(30)25-26-28(31)23-20-17-14-11-9-7-6-8-10-12-15-18-21-24-29(32)33/h27-28,30-31H,2-26H2,1H3,(H,32,33). The molecule has 0 spiro atoms. The highest BCUT2D eigenvalue weighted by atomic mass is 16.4. The van der Waals surface area contributed by atoms with E-state index < -0.39 is 5.97 Å². The summed E-state index contributed by atoms with van der Waals surface area (Å²) in [6.45, 7) is 2.24. The highest BCUT2D eigenvalue weighted by Gasteiger charge is 2.09. The van der Waals surface area contributed by atoms with Gasteiger partial charge in [-0.1, -0.05) is 129 Å². The first-order valence-electron chi connectivity index (χ1n) is 14.6. The van der Waals surface area contributed by atoms with E-state index >= 15 is 0 Å². The molecule has 0 aliphatic heterocycles. The minimum absolute atomic E-state index is 0.229. The molecule has 33 heavy (non-hydrogen) atoms. The summed E-state index contributed by atoms with van der Waals surface area (Å²) in [5, 5.41) is 28.9.